The standard InChI is InChI=1S/C26H25FN4O3/c27-21-8-5-16(12-22-18-3-1-2-4-19(18)23(32)29-28-22)11-20(21)25(34)31-14-26(15-31)9-10-30(13-26)24(33)17-6-7-17/h1-5,8,11,17H,6-7,9-10,12-15H2,(H,29,32). The Bertz CT molecular complexity index is 1370. The van der Waals surface area contributed by atoms with Crippen LogP contribution in [0.4, 0.5) is 4.39 Å². The number of likely N-dealkylation sites (tertiary alicyclic amines) is 2. The second-order valence-electron chi connectivity index (χ2n) is 9.98. The smallest absolute Gasteiger partial charge is 0.272 e. The van der Waals surface area contributed by atoms with Crippen LogP contribution >= 0.6 is 0 Å². The number of rotatable bonds is 4. The van der Waals surface area contributed by atoms with Crippen LogP contribution in [0.2, 0.25) is 0 Å². The van der Waals surface area contributed by atoms with Gasteiger partial charge in [-0.3, -0.25) is 14.4 Å². The predicted molar refractivity (Wildman–Crippen MR) is 124 cm³/mol. The zero-order chi connectivity index (χ0) is 23.4. The van der Waals surface area contributed by atoms with Crippen LogP contribution in [0, 0.1) is 17.2 Å². The van der Waals surface area contributed by atoms with Crippen molar-refractivity contribution in [1.29, 1.82) is 0 Å². The van der Waals surface area contributed by atoms with E-state index in [4.69, 9.17) is 0 Å². The third kappa shape index (κ3) is 3.57. The van der Waals surface area contributed by atoms with Gasteiger partial charge >= 0.3 is 0 Å². The highest BCUT2D eigenvalue weighted by Gasteiger charge is 2.51. The number of aromatic amines is 1. The Hall–Kier alpha value is -3.55. The molecule has 0 radical (unpaired) electrons. The van der Waals surface area contributed by atoms with E-state index in [1.54, 1.807) is 29.2 Å². The van der Waals surface area contributed by atoms with Crippen molar-refractivity contribution in [3.63, 3.8) is 0 Å². The highest BCUT2D eigenvalue weighted by atomic mass is 19.1. The van der Waals surface area contributed by atoms with E-state index in [1.807, 2.05) is 17.0 Å². The van der Waals surface area contributed by atoms with Crippen molar-refractivity contribution in [2.45, 2.75) is 25.7 Å². The average Bonchev–Trinajstić information content (AvgIpc) is 3.58. The molecule has 3 aliphatic rings. The number of carbonyl (C=O) groups is 2. The lowest BCUT2D eigenvalue weighted by Gasteiger charge is -2.48. The van der Waals surface area contributed by atoms with Crippen LogP contribution in [-0.2, 0) is 11.2 Å². The van der Waals surface area contributed by atoms with E-state index >= 15 is 0 Å². The molecule has 2 saturated heterocycles. The summed E-state index contributed by atoms with van der Waals surface area (Å²) in [5.74, 6) is -0.412. The Morgan fingerprint density at radius 3 is 2.56 bits per heavy atom. The van der Waals surface area contributed by atoms with Gasteiger partial charge in [0.15, 0.2) is 0 Å². The molecule has 34 heavy (non-hydrogen) atoms. The molecule has 3 fully saturated rings. The molecule has 2 aliphatic heterocycles. The summed E-state index contributed by atoms with van der Waals surface area (Å²) in [6.45, 7) is 2.55. The van der Waals surface area contributed by atoms with Crippen LogP contribution in [0.15, 0.2) is 47.3 Å². The largest absolute Gasteiger partial charge is 0.342 e. The minimum atomic E-state index is -0.550. The first-order valence-corrected chi connectivity index (χ1v) is 11.8. The fourth-order valence-electron chi connectivity index (χ4n) is 5.39. The molecule has 2 aromatic carbocycles. The summed E-state index contributed by atoms with van der Waals surface area (Å²) < 4.78 is 14.7. The zero-order valence-electron chi connectivity index (χ0n) is 18.7. The molecule has 3 heterocycles. The summed E-state index contributed by atoms with van der Waals surface area (Å²) in [6.07, 6.45) is 3.24. The van der Waals surface area contributed by atoms with Crippen molar-refractivity contribution in [1.82, 2.24) is 20.0 Å². The number of carbonyl (C=O) groups excluding carboxylic acids is 2. The molecular formula is C26H25FN4O3. The molecule has 6 rings (SSSR count). The zero-order valence-corrected chi connectivity index (χ0v) is 18.7. The summed E-state index contributed by atoms with van der Waals surface area (Å²) >= 11 is 0. The first-order chi connectivity index (χ1) is 16.4. The molecule has 2 amide bonds. The van der Waals surface area contributed by atoms with E-state index < -0.39 is 5.82 Å². The summed E-state index contributed by atoms with van der Waals surface area (Å²) in [4.78, 5) is 41.2. The van der Waals surface area contributed by atoms with Gasteiger partial charge in [-0.1, -0.05) is 24.3 Å². The second kappa shape index (κ2) is 7.75. The monoisotopic (exact) mass is 460 g/mol. The van der Waals surface area contributed by atoms with Crippen molar-refractivity contribution >= 4 is 22.6 Å². The van der Waals surface area contributed by atoms with E-state index in [0.29, 0.717) is 37.1 Å². The van der Waals surface area contributed by atoms with Gasteiger partial charge < -0.3 is 9.80 Å². The summed E-state index contributed by atoms with van der Waals surface area (Å²) in [7, 11) is 0. The van der Waals surface area contributed by atoms with Crippen molar-refractivity contribution in [2.75, 3.05) is 26.2 Å². The van der Waals surface area contributed by atoms with Crippen LogP contribution in [-0.4, -0.2) is 58.0 Å². The SMILES string of the molecule is O=C(c1cc(Cc2n[nH]c(=O)c3ccccc23)ccc1F)N1CC2(CCN(C(=O)C3CC3)C2)C1. The minimum Gasteiger partial charge on any atom is -0.342 e. The van der Waals surface area contributed by atoms with Crippen molar-refractivity contribution in [3.8, 4) is 0 Å². The Balaban J connectivity index is 1.18. The van der Waals surface area contributed by atoms with Gasteiger partial charge in [-0.15, -0.1) is 0 Å². The third-order valence-electron chi connectivity index (χ3n) is 7.42. The molecule has 7 nitrogen and oxygen atoms in total. The van der Waals surface area contributed by atoms with Crippen LogP contribution in [0.25, 0.3) is 10.8 Å². The second-order valence-corrected chi connectivity index (χ2v) is 9.98. The van der Waals surface area contributed by atoms with Crippen LogP contribution in [0.3, 0.4) is 0 Å². The van der Waals surface area contributed by atoms with E-state index in [-0.39, 0.29) is 34.3 Å². The Morgan fingerprint density at radius 2 is 1.79 bits per heavy atom. The molecule has 0 atom stereocenters. The number of nitrogens with zero attached hydrogens (tertiary/aromatic N) is 3. The van der Waals surface area contributed by atoms with E-state index in [9.17, 15) is 18.8 Å². The number of hydrogen-bond acceptors (Lipinski definition) is 4. The Morgan fingerprint density at radius 1 is 1.06 bits per heavy atom. The Labute approximate surface area is 195 Å². The minimum absolute atomic E-state index is 0.0463. The number of fused-ring (bicyclic) bond motifs is 1. The van der Waals surface area contributed by atoms with Gasteiger partial charge in [0.05, 0.1) is 16.6 Å². The van der Waals surface area contributed by atoms with E-state index in [1.165, 1.54) is 6.07 Å². The lowest BCUT2D eigenvalue weighted by Crippen LogP contribution is -2.59. The molecule has 3 aromatic rings. The highest BCUT2D eigenvalue weighted by molar-refractivity contribution is 5.95. The van der Waals surface area contributed by atoms with Crippen molar-refractivity contribution in [2.24, 2.45) is 11.3 Å². The van der Waals surface area contributed by atoms with E-state index in [2.05, 4.69) is 10.2 Å². The average molecular weight is 461 g/mol. The van der Waals surface area contributed by atoms with Gasteiger partial charge in [0, 0.05) is 49.3 Å². The molecule has 174 valence electrons. The summed E-state index contributed by atoms with van der Waals surface area (Å²) in [5.41, 5.74) is 1.14. The van der Waals surface area contributed by atoms with Crippen molar-refractivity contribution < 1.29 is 14.0 Å². The van der Waals surface area contributed by atoms with Crippen LogP contribution in [0.1, 0.15) is 40.9 Å². The summed E-state index contributed by atoms with van der Waals surface area (Å²) in [6, 6.07) is 11.8. The molecule has 1 N–H and O–H groups in total. The molecule has 1 saturated carbocycles. The fourth-order valence-corrected chi connectivity index (χ4v) is 5.39. The fraction of sp³-hybridized carbons (Fsp3) is 0.385. The number of benzene rings is 2. The maximum Gasteiger partial charge on any atom is 0.272 e. The molecule has 0 bridgehead atoms. The maximum atomic E-state index is 14.7. The van der Waals surface area contributed by atoms with Gasteiger partial charge in [-0.25, -0.2) is 9.49 Å². The first-order valence-electron chi connectivity index (χ1n) is 11.8. The van der Waals surface area contributed by atoms with Gasteiger partial charge in [0.2, 0.25) is 5.91 Å². The number of H-pyrrole nitrogens is 1. The summed E-state index contributed by atoms with van der Waals surface area (Å²) in [5, 5.41) is 7.98. The number of hydrogen-bond donors (Lipinski definition) is 1. The number of aromatic nitrogens is 2. The normalized spacial score (nSPS) is 19.0. The number of amides is 2. The molecular weight excluding hydrogens is 435 g/mol. The first kappa shape index (κ1) is 21.0. The molecule has 1 aliphatic carbocycles. The third-order valence-corrected chi connectivity index (χ3v) is 7.42. The lowest BCUT2D eigenvalue weighted by molar-refractivity contribution is -0.132. The van der Waals surface area contributed by atoms with Crippen LogP contribution < -0.4 is 5.56 Å². The van der Waals surface area contributed by atoms with Gasteiger partial charge in [0.25, 0.3) is 11.5 Å². The molecule has 1 aromatic heterocycles. The van der Waals surface area contributed by atoms with Crippen LogP contribution in [0.5, 0.6) is 0 Å². The molecule has 0 unspecified atom stereocenters. The predicted octanol–water partition coefficient (Wildman–Crippen LogP) is 2.74. The quantitative estimate of drug-likeness (QED) is 0.649. The van der Waals surface area contributed by atoms with Crippen molar-refractivity contribution in [3.05, 3.63) is 75.5 Å². The van der Waals surface area contributed by atoms with E-state index in [0.717, 1.165) is 36.8 Å². The number of halogens is 1. The maximum absolute atomic E-state index is 14.7. The van der Waals surface area contributed by atoms with Gasteiger partial charge in [-0.2, -0.15) is 5.10 Å². The molecule has 1 spiro atoms. The van der Waals surface area contributed by atoms with Gasteiger partial charge in [-0.05, 0) is 43.0 Å². The molecule has 8 heteroatoms. The van der Waals surface area contributed by atoms with Gasteiger partial charge in [0.1, 0.15) is 5.82 Å². The Kier molecular flexibility index (Phi) is 4.79. The topological polar surface area (TPSA) is 86.4 Å². The highest BCUT2D eigenvalue weighted by Crippen LogP contribution is 2.42. The lowest BCUT2D eigenvalue weighted by atomic mass is 9.78. The number of nitrogens with one attached hydrogen (secondary N) is 1.